The SMILES string of the molecule is CC.CC(=O)/C=C/C(=O)Nc1ccccc1. The molecule has 3 heteroatoms. The Morgan fingerprint density at radius 3 is 2.12 bits per heavy atom. The van der Waals surface area contributed by atoms with E-state index in [1.165, 1.54) is 19.1 Å². The molecular formula is C13H17NO2. The molecule has 1 aromatic rings. The molecule has 0 aromatic heterocycles. The van der Waals surface area contributed by atoms with Gasteiger partial charge in [-0.1, -0.05) is 32.0 Å². The zero-order chi connectivity index (χ0) is 12.4. The van der Waals surface area contributed by atoms with Gasteiger partial charge < -0.3 is 5.32 Å². The first kappa shape index (κ1) is 14.1. The van der Waals surface area contributed by atoms with Crippen LogP contribution in [0.4, 0.5) is 5.69 Å². The molecule has 86 valence electrons. The van der Waals surface area contributed by atoms with Gasteiger partial charge in [-0.2, -0.15) is 0 Å². The lowest BCUT2D eigenvalue weighted by Gasteiger charge is -1.99. The average Bonchev–Trinajstić information content (AvgIpc) is 2.30. The Hall–Kier alpha value is -1.90. The minimum atomic E-state index is -0.300. The van der Waals surface area contributed by atoms with Gasteiger partial charge in [-0.15, -0.1) is 0 Å². The van der Waals surface area contributed by atoms with Gasteiger partial charge in [-0.3, -0.25) is 9.59 Å². The summed E-state index contributed by atoms with van der Waals surface area (Å²) in [6.07, 6.45) is 2.45. The second kappa shape index (κ2) is 8.41. The highest BCUT2D eigenvalue weighted by Gasteiger charge is 1.95. The molecule has 0 atom stereocenters. The van der Waals surface area contributed by atoms with E-state index < -0.39 is 0 Å². The average molecular weight is 219 g/mol. The van der Waals surface area contributed by atoms with Crippen LogP contribution in [0, 0.1) is 0 Å². The molecular weight excluding hydrogens is 202 g/mol. The fourth-order valence-corrected chi connectivity index (χ4v) is 0.898. The highest BCUT2D eigenvalue weighted by molar-refractivity contribution is 6.03. The van der Waals surface area contributed by atoms with Gasteiger partial charge in [0.25, 0.3) is 0 Å². The lowest BCUT2D eigenvalue weighted by atomic mass is 10.3. The zero-order valence-electron chi connectivity index (χ0n) is 9.86. The number of allylic oxidation sites excluding steroid dienone is 1. The molecule has 1 rings (SSSR count). The van der Waals surface area contributed by atoms with Crippen LogP contribution in [0.2, 0.25) is 0 Å². The molecule has 0 saturated heterocycles. The van der Waals surface area contributed by atoms with Crippen LogP contribution in [0.5, 0.6) is 0 Å². The Kier molecular flexibility index (Phi) is 7.41. The third-order valence-corrected chi connectivity index (χ3v) is 1.51. The van der Waals surface area contributed by atoms with Crippen molar-refractivity contribution in [2.45, 2.75) is 20.8 Å². The molecule has 0 heterocycles. The zero-order valence-corrected chi connectivity index (χ0v) is 9.86. The molecule has 3 nitrogen and oxygen atoms in total. The molecule has 0 aliphatic rings. The molecule has 1 N–H and O–H groups in total. The second-order valence-corrected chi connectivity index (χ2v) is 2.80. The van der Waals surface area contributed by atoms with Crippen molar-refractivity contribution in [2.24, 2.45) is 0 Å². The van der Waals surface area contributed by atoms with Gasteiger partial charge in [0.15, 0.2) is 5.78 Å². The minimum absolute atomic E-state index is 0.145. The molecule has 0 radical (unpaired) electrons. The van der Waals surface area contributed by atoms with Crippen molar-refractivity contribution in [1.82, 2.24) is 0 Å². The number of anilines is 1. The minimum Gasteiger partial charge on any atom is -0.323 e. The maximum atomic E-state index is 11.2. The van der Waals surface area contributed by atoms with Crippen LogP contribution in [-0.4, -0.2) is 11.7 Å². The van der Waals surface area contributed by atoms with E-state index in [2.05, 4.69) is 5.32 Å². The molecule has 0 fully saturated rings. The molecule has 1 aromatic carbocycles. The van der Waals surface area contributed by atoms with Crippen LogP contribution in [0.1, 0.15) is 20.8 Å². The summed E-state index contributed by atoms with van der Waals surface area (Å²) >= 11 is 0. The summed E-state index contributed by atoms with van der Waals surface area (Å²) in [4.78, 5) is 21.7. The van der Waals surface area contributed by atoms with Gasteiger partial charge in [-0.05, 0) is 25.1 Å². The molecule has 1 amide bonds. The molecule has 0 saturated carbocycles. The Morgan fingerprint density at radius 1 is 1.06 bits per heavy atom. The predicted octanol–water partition coefficient (Wildman–Crippen LogP) is 2.80. The number of nitrogens with one attached hydrogen (secondary N) is 1. The van der Waals surface area contributed by atoms with Gasteiger partial charge in [-0.25, -0.2) is 0 Å². The Morgan fingerprint density at radius 2 is 1.62 bits per heavy atom. The summed E-state index contributed by atoms with van der Waals surface area (Å²) in [5, 5.41) is 2.62. The van der Waals surface area contributed by atoms with Gasteiger partial charge in [0, 0.05) is 11.8 Å². The Balaban J connectivity index is 0.00000106. The first-order chi connectivity index (χ1) is 7.68. The fourth-order valence-electron chi connectivity index (χ4n) is 0.898. The first-order valence-corrected chi connectivity index (χ1v) is 5.23. The summed E-state index contributed by atoms with van der Waals surface area (Å²) in [6, 6.07) is 9.06. The van der Waals surface area contributed by atoms with Crippen molar-refractivity contribution in [3.8, 4) is 0 Å². The van der Waals surface area contributed by atoms with Crippen molar-refractivity contribution < 1.29 is 9.59 Å². The summed E-state index contributed by atoms with van der Waals surface area (Å²) in [5.41, 5.74) is 0.714. The van der Waals surface area contributed by atoms with E-state index in [9.17, 15) is 9.59 Å². The molecule has 0 bridgehead atoms. The largest absolute Gasteiger partial charge is 0.323 e. The van der Waals surface area contributed by atoms with E-state index >= 15 is 0 Å². The van der Waals surface area contributed by atoms with Crippen LogP contribution >= 0.6 is 0 Å². The molecule has 0 unspecified atom stereocenters. The lowest BCUT2D eigenvalue weighted by Crippen LogP contribution is -2.07. The van der Waals surface area contributed by atoms with E-state index in [4.69, 9.17) is 0 Å². The van der Waals surface area contributed by atoms with Gasteiger partial charge in [0.2, 0.25) is 5.91 Å². The Bertz CT molecular complexity index is 355. The third kappa shape index (κ3) is 6.54. The highest BCUT2D eigenvalue weighted by Crippen LogP contribution is 2.04. The topological polar surface area (TPSA) is 46.2 Å². The van der Waals surface area contributed by atoms with Crippen molar-refractivity contribution in [3.63, 3.8) is 0 Å². The summed E-state index contributed by atoms with van der Waals surface area (Å²) < 4.78 is 0. The number of hydrogen-bond donors (Lipinski definition) is 1. The second-order valence-electron chi connectivity index (χ2n) is 2.80. The predicted molar refractivity (Wildman–Crippen MR) is 66.2 cm³/mol. The number of carbonyl (C=O) groups is 2. The van der Waals surface area contributed by atoms with E-state index in [-0.39, 0.29) is 11.7 Å². The number of ketones is 1. The lowest BCUT2D eigenvalue weighted by molar-refractivity contribution is -0.114. The molecule has 0 aliphatic heterocycles. The van der Waals surface area contributed by atoms with E-state index in [0.29, 0.717) is 5.69 Å². The van der Waals surface area contributed by atoms with Gasteiger partial charge in [0.1, 0.15) is 0 Å². The number of amides is 1. The number of hydrogen-bond acceptors (Lipinski definition) is 2. The van der Waals surface area contributed by atoms with Gasteiger partial charge in [0.05, 0.1) is 0 Å². The van der Waals surface area contributed by atoms with Crippen LogP contribution in [0.25, 0.3) is 0 Å². The maximum Gasteiger partial charge on any atom is 0.248 e. The summed E-state index contributed by atoms with van der Waals surface area (Å²) in [5.74, 6) is -0.445. The van der Waals surface area contributed by atoms with E-state index in [0.717, 1.165) is 0 Å². The quantitative estimate of drug-likeness (QED) is 0.794. The van der Waals surface area contributed by atoms with Crippen molar-refractivity contribution in [1.29, 1.82) is 0 Å². The number of carbonyl (C=O) groups excluding carboxylic acids is 2. The number of para-hydroxylation sites is 1. The standard InChI is InChI=1S/C11H11NO2.C2H6/c1-9(13)7-8-11(14)12-10-5-3-2-4-6-10;1-2/h2-8H,1H3,(H,12,14);1-2H3/b8-7+;. The highest BCUT2D eigenvalue weighted by atomic mass is 16.1. The van der Waals surface area contributed by atoms with Crippen molar-refractivity contribution in [2.75, 3.05) is 5.32 Å². The van der Waals surface area contributed by atoms with Crippen LogP contribution in [0.15, 0.2) is 42.5 Å². The monoisotopic (exact) mass is 219 g/mol. The van der Waals surface area contributed by atoms with Crippen LogP contribution in [-0.2, 0) is 9.59 Å². The summed E-state index contributed by atoms with van der Waals surface area (Å²) in [7, 11) is 0. The molecule has 0 spiro atoms. The molecule has 0 aliphatic carbocycles. The van der Waals surface area contributed by atoms with Crippen LogP contribution in [0.3, 0.4) is 0 Å². The smallest absolute Gasteiger partial charge is 0.248 e. The van der Waals surface area contributed by atoms with E-state index in [1.54, 1.807) is 12.1 Å². The molecule has 16 heavy (non-hydrogen) atoms. The maximum absolute atomic E-state index is 11.2. The van der Waals surface area contributed by atoms with Crippen molar-refractivity contribution in [3.05, 3.63) is 42.5 Å². The summed E-state index contributed by atoms with van der Waals surface area (Å²) in [6.45, 7) is 5.40. The number of benzene rings is 1. The van der Waals surface area contributed by atoms with E-state index in [1.807, 2.05) is 32.0 Å². The van der Waals surface area contributed by atoms with Crippen molar-refractivity contribution >= 4 is 17.4 Å². The fraction of sp³-hybridized carbons (Fsp3) is 0.231. The normalized spacial score (nSPS) is 9.19. The van der Waals surface area contributed by atoms with Gasteiger partial charge >= 0.3 is 0 Å². The first-order valence-electron chi connectivity index (χ1n) is 5.23. The number of rotatable bonds is 3. The Labute approximate surface area is 96.2 Å². The third-order valence-electron chi connectivity index (χ3n) is 1.51. The van der Waals surface area contributed by atoms with Crippen LogP contribution < -0.4 is 5.32 Å².